The van der Waals surface area contributed by atoms with Crippen molar-refractivity contribution in [3.05, 3.63) is 30.1 Å². The predicted octanol–water partition coefficient (Wildman–Crippen LogP) is 1.19. The molecule has 2 N–H and O–H groups in total. The van der Waals surface area contributed by atoms with Gasteiger partial charge in [0.05, 0.1) is 6.54 Å². The van der Waals surface area contributed by atoms with E-state index in [4.69, 9.17) is 0 Å². The van der Waals surface area contributed by atoms with E-state index in [1.54, 1.807) is 6.20 Å². The number of nitrogens with zero attached hydrogens (tertiary/aromatic N) is 2. The fourth-order valence-electron chi connectivity index (χ4n) is 2.49. The van der Waals surface area contributed by atoms with Gasteiger partial charge in [-0.15, -0.1) is 0 Å². The molecule has 1 aromatic heterocycles. The van der Waals surface area contributed by atoms with Gasteiger partial charge in [0.1, 0.15) is 0 Å². The van der Waals surface area contributed by atoms with E-state index in [2.05, 4.69) is 47.4 Å². The third kappa shape index (κ3) is 4.51. The van der Waals surface area contributed by atoms with Crippen molar-refractivity contribution in [1.29, 1.82) is 0 Å². The van der Waals surface area contributed by atoms with Crippen molar-refractivity contribution in [2.75, 3.05) is 26.2 Å². The molecule has 0 spiro atoms. The van der Waals surface area contributed by atoms with Crippen LogP contribution in [-0.4, -0.2) is 48.0 Å². The highest BCUT2D eigenvalue weighted by Gasteiger charge is 2.26. The largest absolute Gasteiger partial charge is 0.352 e. The molecule has 1 aliphatic heterocycles. The number of aromatic nitrogens is 1. The van der Waals surface area contributed by atoms with Gasteiger partial charge in [0, 0.05) is 44.1 Å². The summed E-state index contributed by atoms with van der Waals surface area (Å²) in [6.07, 6.45) is 3.67. The molecule has 116 valence electrons. The fourth-order valence-corrected chi connectivity index (χ4v) is 2.49. The molecule has 0 saturated carbocycles. The summed E-state index contributed by atoms with van der Waals surface area (Å²) in [6, 6.07) is 4.44. The number of hydrogen-bond acceptors (Lipinski definition) is 4. The summed E-state index contributed by atoms with van der Waals surface area (Å²) in [6.45, 7) is 9.39. The van der Waals surface area contributed by atoms with Crippen molar-refractivity contribution >= 4 is 5.91 Å². The van der Waals surface area contributed by atoms with Gasteiger partial charge >= 0.3 is 0 Å². The summed E-state index contributed by atoms with van der Waals surface area (Å²) in [5.74, 6) is 0.554. The first kappa shape index (κ1) is 15.9. The number of nitrogens with one attached hydrogen (secondary N) is 2. The molecule has 2 atom stereocenters. The summed E-state index contributed by atoms with van der Waals surface area (Å²) in [7, 11) is 0. The topological polar surface area (TPSA) is 57.3 Å². The smallest absolute Gasteiger partial charge is 0.234 e. The van der Waals surface area contributed by atoms with Crippen LogP contribution >= 0.6 is 0 Å². The van der Waals surface area contributed by atoms with Gasteiger partial charge in [-0.25, -0.2) is 0 Å². The van der Waals surface area contributed by atoms with Crippen LogP contribution in [0.4, 0.5) is 0 Å². The summed E-state index contributed by atoms with van der Waals surface area (Å²) in [4.78, 5) is 18.6. The minimum atomic E-state index is 0.104. The lowest BCUT2D eigenvalue weighted by molar-refractivity contribution is -0.124. The zero-order valence-corrected chi connectivity index (χ0v) is 13.2. The minimum absolute atomic E-state index is 0.104. The predicted molar refractivity (Wildman–Crippen MR) is 83.9 cm³/mol. The standard InChI is InChI=1S/C16H26N4O/c1-12(2)13(3)19-16(21)11-20-8-7-18-10-15(20)14-5-4-6-17-9-14/h4-6,9,12-13,15,18H,7-8,10-11H2,1-3H3,(H,19,21). The van der Waals surface area contributed by atoms with Crippen molar-refractivity contribution in [2.24, 2.45) is 5.92 Å². The average molecular weight is 290 g/mol. The van der Waals surface area contributed by atoms with E-state index in [-0.39, 0.29) is 18.0 Å². The van der Waals surface area contributed by atoms with E-state index in [0.29, 0.717) is 12.5 Å². The highest BCUT2D eigenvalue weighted by atomic mass is 16.2. The van der Waals surface area contributed by atoms with E-state index in [1.165, 1.54) is 0 Å². The molecule has 0 bridgehead atoms. The second kappa shape index (κ2) is 7.52. The van der Waals surface area contributed by atoms with Gasteiger partial charge in [-0.1, -0.05) is 19.9 Å². The van der Waals surface area contributed by atoms with Crippen molar-refractivity contribution < 1.29 is 4.79 Å². The van der Waals surface area contributed by atoms with Crippen molar-refractivity contribution in [3.8, 4) is 0 Å². The number of rotatable bonds is 5. The van der Waals surface area contributed by atoms with Gasteiger partial charge < -0.3 is 10.6 Å². The Morgan fingerprint density at radius 3 is 3.00 bits per heavy atom. The maximum atomic E-state index is 12.2. The normalized spacial score (nSPS) is 21.2. The van der Waals surface area contributed by atoms with Crippen LogP contribution in [0.3, 0.4) is 0 Å². The number of carbonyl (C=O) groups excluding carboxylic acids is 1. The second-order valence-electron chi connectivity index (χ2n) is 6.08. The van der Waals surface area contributed by atoms with Gasteiger partial charge in [0.2, 0.25) is 5.91 Å². The van der Waals surface area contributed by atoms with E-state index in [0.717, 1.165) is 25.2 Å². The molecule has 2 unspecified atom stereocenters. The Bertz CT molecular complexity index is 449. The van der Waals surface area contributed by atoms with Gasteiger partial charge in [-0.05, 0) is 24.5 Å². The van der Waals surface area contributed by atoms with Gasteiger partial charge in [-0.2, -0.15) is 0 Å². The van der Waals surface area contributed by atoms with E-state index < -0.39 is 0 Å². The first-order valence-electron chi connectivity index (χ1n) is 7.72. The molecule has 5 nitrogen and oxygen atoms in total. The quantitative estimate of drug-likeness (QED) is 0.855. The summed E-state index contributed by atoms with van der Waals surface area (Å²) >= 11 is 0. The fraction of sp³-hybridized carbons (Fsp3) is 0.625. The molecule has 2 rings (SSSR count). The average Bonchev–Trinajstić information content (AvgIpc) is 2.48. The number of pyridine rings is 1. The summed E-state index contributed by atoms with van der Waals surface area (Å²) in [5.41, 5.74) is 1.16. The van der Waals surface area contributed by atoms with Crippen LogP contribution in [0, 0.1) is 5.92 Å². The Balaban J connectivity index is 1.98. The van der Waals surface area contributed by atoms with Gasteiger partial charge in [0.25, 0.3) is 0 Å². The third-order valence-corrected chi connectivity index (χ3v) is 4.16. The highest BCUT2D eigenvalue weighted by Crippen LogP contribution is 2.20. The van der Waals surface area contributed by atoms with E-state index in [1.807, 2.05) is 12.3 Å². The molecule has 0 aromatic carbocycles. The number of piperazine rings is 1. The first-order chi connectivity index (χ1) is 10.1. The molecule has 1 aromatic rings. The lowest BCUT2D eigenvalue weighted by Gasteiger charge is -2.36. The number of amides is 1. The Kier molecular flexibility index (Phi) is 5.70. The molecular formula is C16H26N4O. The van der Waals surface area contributed by atoms with Crippen molar-refractivity contribution in [1.82, 2.24) is 20.5 Å². The van der Waals surface area contributed by atoms with Crippen LogP contribution in [0.2, 0.25) is 0 Å². The van der Waals surface area contributed by atoms with Crippen LogP contribution in [-0.2, 0) is 4.79 Å². The second-order valence-corrected chi connectivity index (χ2v) is 6.08. The molecule has 0 radical (unpaired) electrons. The minimum Gasteiger partial charge on any atom is -0.352 e. The molecule has 1 aliphatic rings. The first-order valence-corrected chi connectivity index (χ1v) is 7.72. The lowest BCUT2D eigenvalue weighted by Crippen LogP contribution is -2.50. The lowest BCUT2D eigenvalue weighted by atomic mass is 10.0. The molecule has 1 saturated heterocycles. The molecule has 1 amide bonds. The van der Waals surface area contributed by atoms with Gasteiger partial charge in [0.15, 0.2) is 0 Å². The zero-order chi connectivity index (χ0) is 15.2. The van der Waals surface area contributed by atoms with Crippen LogP contribution < -0.4 is 10.6 Å². The van der Waals surface area contributed by atoms with Crippen LogP contribution in [0.5, 0.6) is 0 Å². The molecule has 5 heteroatoms. The maximum Gasteiger partial charge on any atom is 0.234 e. The highest BCUT2D eigenvalue weighted by molar-refractivity contribution is 5.78. The van der Waals surface area contributed by atoms with Gasteiger partial charge in [-0.3, -0.25) is 14.7 Å². The SMILES string of the molecule is CC(C)C(C)NC(=O)CN1CCNCC1c1cccnc1. The Morgan fingerprint density at radius 2 is 2.33 bits per heavy atom. The monoisotopic (exact) mass is 290 g/mol. The summed E-state index contributed by atoms with van der Waals surface area (Å²) in [5, 5.41) is 6.48. The molecule has 1 fully saturated rings. The van der Waals surface area contributed by atoms with Crippen molar-refractivity contribution in [3.63, 3.8) is 0 Å². The third-order valence-electron chi connectivity index (χ3n) is 4.16. The molecule has 21 heavy (non-hydrogen) atoms. The maximum absolute atomic E-state index is 12.2. The zero-order valence-electron chi connectivity index (χ0n) is 13.2. The number of carbonyl (C=O) groups is 1. The van der Waals surface area contributed by atoms with Crippen LogP contribution in [0.15, 0.2) is 24.5 Å². The Hall–Kier alpha value is -1.46. The Labute approximate surface area is 127 Å². The molecule has 2 heterocycles. The molecular weight excluding hydrogens is 264 g/mol. The van der Waals surface area contributed by atoms with Crippen LogP contribution in [0.25, 0.3) is 0 Å². The molecule has 0 aliphatic carbocycles. The van der Waals surface area contributed by atoms with Crippen molar-refractivity contribution in [2.45, 2.75) is 32.9 Å². The summed E-state index contributed by atoms with van der Waals surface area (Å²) < 4.78 is 0. The van der Waals surface area contributed by atoms with E-state index >= 15 is 0 Å². The van der Waals surface area contributed by atoms with Crippen LogP contribution in [0.1, 0.15) is 32.4 Å². The Morgan fingerprint density at radius 1 is 1.52 bits per heavy atom. The number of hydrogen-bond donors (Lipinski definition) is 2. The van der Waals surface area contributed by atoms with E-state index in [9.17, 15) is 4.79 Å².